The third-order valence-corrected chi connectivity index (χ3v) is 9.82. The van der Waals surface area contributed by atoms with E-state index in [1.54, 1.807) is 0 Å². The Kier molecular flexibility index (Phi) is 10.7. The van der Waals surface area contributed by atoms with Crippen molar-refractivity contribution in [1.82, 2.24) is 5.32 Å². The van der Waals surface area contributed by atoms with Gasteiger partial charge < -0.3 is 14.9 Å². The summed E-state index contributed by atoms with van der Waals surface area (Å²) in [7, 11) is -2.31. The molecule has 0 spiro atoms. The van der Waals surface area contributed by atoms with Crippen LogP contribution in [-0.4, -0.2) is 42.2 Å². The second-order valence-corrected chi connectivity index (χ2v) is 13.4. The second kappa shape index (κ2) is 14.4. The smallest absolute Gasteiger partial charge is 0.328 e. The van der Waals surface area contributed by atoms with Crippen LogP contribution in [0.25, 0.3) is 11.1 Å². The summed E-state index contributed by atoms with van der Waals surface area (Å²) < 4.78 is 18.4. The maximum atomic E-state index is 13.7. The molecule has 0 aliphatic heterocycles. The minimum Gasteiger partial charge on any atom is -0.467 e. The summed E-state index contributed by atoms with van der Waals surface area (Å²) in [5, 5.41) is 2.95. The minimum atomic E-state index is -3.65. The number of hydrogen-bond donors (Lipinski definition) is 2. The van der Waals surface area contributed by atoms with Crippen LogP contribution < -0.4 is 5.32 Å². The number of aryl methyl sites for hydroxylation is 1. The van der Waals surface area contributed by atoms with Crippen LogP contribution in [0.4, 0.5) is 0 Å². The van der Waals surface area contributed by atoms with Crippen LogP contribution >= 0.6 is 7.37 Å². The predicted octanol–water partition coefficient (Wildman–Crippen LogP) is 6.26. The molecule has 212 valence electrons. The monoisotopic (exact) mass is 561 g/mol. The van der Waals surface area contributed by atoms with Crippen molar-refractivity contribution in [2.75, 3.05) is 19.4 Å². The van der Waals surface area contributed by atoms with E-state index in [0.717, 1.165) is 54.4 Å². The highest BCUT2D eigenvalue weighted by Gasteiger charge is 2.35. The Morgan fingerprint density at radius 3 is 2.10 bits per heavy atom. The molecular weight excluding hydrogens is 521 g/mol. The number of methoxy groups -OCH3 is 1. The van der Waals surface area contributed by atoms with Crippen molar-refractivity contribution in [3.05, 3.63) is 96.1 Å². The van der Waals surface area contributed by atoms with Gasteiger partial charge in [-0.15, -0.1) is 0 Å². The number of esters is 1. The molecule has 3 atom stereocenters. The maximum Gasteiger partial charge on any atom is 0.328 e. The van der Waals surface area contributed by atoms with E-state index >= 15 is 0 Å². The Hall–Kier alpha value is -3.21. The van der Waals surface area contributed by atoms with E-state index in [1.807, 2.05) is 84.9 Å². The molecule has 6 nitrogen and oxygen atoms in total. The van der Waals surface area contributed by atoms with Crippen molar-refractivity contribution in [3.63, 3.8) is 0 Å². The number of hydrogen-bond acceptors (Lipinski definition) is 4. The molecule has 1 fully saturated rings. The number of carbonyl (C=O) groups excluding carboxylic acids is 2. The van der Waals surface area contributed by atoms with Gasteiger partial charge in [0.05, 0.1) is 13.0 Å². The predicted molar refractivity (Wildman–Crippen MR) is 159 cm³/mol. The Labute approximate surface area is 237 Å². The largest absolute Gasteiger partial charge is 0.467 e. The lowest BCUT2D eigenvalue weighted by atomic mass is 9.83. The number of nitrogens with one attached hydrogen (secondary N) is 1. The van der Waals surface area contributed by atoms with Crippen molar-refractivity contribution in [2.24, 2.45) is 11.8 Å². The van der Waals surface area contributed by atoms with Gasteiger partial charge in [0.15, 0.2) is 0 Å². The van der Waals surface area contributed by atoms with Gasteiger partial charge in [0, 0.05) is 12.3 Å². The van der Waals surface area contributed by atoms with Crippen LogP contribution in [0.15, 0.2) is 84.9 Å². The molecule has 3 unspecified atom stereocenters. The van der Waals surface area contributed by atoms with Crippen LogP contribution in [-0.2, 0) is 31.7 Å². The van der Waals surface area contributed by atoms with Gasteiger partial charge in [-0.1, -0.05) is 104 Å². The van der Waals surface area contributed by atoms with Crippen LogP contribution in [0.2, 0.25) is 0 Å². The maximum absolute atomic E-state index is 13.7. The summed E-state index contributed by atoms with van der Waals surface area (Å²) in [6, 6.07) is 26.8. The lowest BCUT2D eigenvalue weighted by Crippen LogP contribution is -2.49. The topological polar surface area (TPSA) is 92.7 Å². The Morgan fingerprint density at radius 2 is 1.48 bits per heavy atom. The summed E-state index contributed by atoms with van der Waals surface area (Å²) in [5.41, 5.74) is 4.04. The quantitative estimate of drug-likeness (QED) is 0.201. The van der Waals surface area contributed by atoms with Gasteiger partial charge in [0.1, 0.15) is 6.04 Å². The first-order valence-electron chi connectivity index (χ1n) is 14.2. The van der Waals surface area contributed by atoms with E-state index in [4.69, 9.17) is 4.74 Å². The van der Waals surface area contributed by atoms with Crippen LogP contribution in [0.3, 0.4) is 0 Å². The minimum absolute atomic E-state index is 0.00923. The summed E-state index contributed by atoms with van der Waals surface area (Å²) in [6.07, 6.45) is 5.54. The number of amides is 1. The zero-order valence-corrected chi connectivity index (χ0v) is 24.1. The van der Waals surface area contributed by atoms with Crippen molar-refractivity contribution in [2.45, 2.75) is 51.0 Å². The molecule has 4 rings (SSSR count). The SMILES string of the molecule is COC(=O)C(NC(=O)C(Cc1ccc(-c2ccccc2)cc1)CP(=O)(O)CCc1ccccc1)C1CCCCC1. The van der Waals surface area contributed by atoms with E-state index in [1.165, 1.54) is 7.11 Å². The highest BCUT2D eigenvalue weighted by Crippen LogP contribution is 2.44. The molecular formula is C33H40NO5P. The summed E-state index contributed by atoms with van der Waals surface area (Å²) in [4.78, 5) is 37.4. The third-order valence-electron chi connectivity index (χ3n) is 7.89. The van der Waals surface area contributed by atoms with E-state index < -0.39 is 25.3 Å². The van der Waals surface area contributed by atoms with Gasteiger partial charge >= 0.3 is 5.97 Å². The molecule has 1 aliphatic carbocycles. The average Bonchev–Trinajstić information content (AvgIpc) is 3.00. The molecule has 2 N–H and O–H groups in total. The van der Waals surface area contributed by atoms with Crippen molar-refractivity contribution < 1.29 is 23.8 Å². The van der Waals surface area contributed by atoms with E-state index in [9.17, 15) is 19.0 Å². The number of ether oxygens (including phenoxy) is 1. The fourth-order valence-corrected chi connectivity index (χ4v) is 7.38. The van der Waals surface area contributed by atoms with Crippen molar-refractivity contribution >= 4 is 19.2 Å². The molecule has 0 saturated heterocycles. The van der Waals surface area contributed by atoms with Crippen LogP contribution in [0.5, 0.6) is 0 Å². The number of benzene rings is 3. The normalized spacial score (nSPS) is 16.9. The molecule has 3 aromatic carbocycles. The zero-order chi connectivity index (χ0) is 28.4. The molecule has 1 amide bonds. The number of carbonyl (C=O) groups is 2. The highest BCUT2D eigenvalue weighted by molar-refractivity contribution is 7.58. The Bertz CT molecular complexity index is 1270. The lowest BCUT2D eigenvalue weighted by molar-refractivity contribution is -0.147. The molecule has 40 heavy (non-hydrogen) atoms. The lowest BCUT2D eigenvalue weighted by Gasteiger charge is -2.30. The fraction of sp³-hybridized carbons (Fsp3) is 0.394. The molecule has 0 aromatic heterocycles. The molecule has 0 bridgehead atoms. The van der Waals surface area contributed by atoms with E-state index in [2.05, 4.69) is 5.32 Å². The van der Waals surface area contributed by atoms with Crippen LogP contribution in [0, 0.1) is 11.8 Å². The van der Waals surface area contributed by atoms with Gasteiger partial charge in [-0.25, -0.2) is 4.79 Å². The standard InChI is InChI=1S/C33H40NO5P/c1-39-33(36)31(29-15-9-4-10-16-29)34-32(35)30(24-40(37,38)22-21-25-11-5-2-6-12-25)23-26-17-19-28(20-18-26)27-13-7-3-8-14-27/h2-3,5-8,11-14,17-20,29-31H,4,9-10,15-16,21-24H2,1H3,(H,34,35)(H,37,38). The van der Waals surface area contributed by atoms with Gasteiger partial charge in [0.2, 0.25) is 13.3 Å². The van der Waals surface area contributed by atoms with Gasteiger partial charge in [0.25, 0.3) is 0 Å². The van der Waals surface area contributed by atoms with Crippen LogP contribution in [0.1, 0.15) is 43.2 Å². The number of rotatable bonds is 12. The summed E-state index contributed by atoms with van der Waals surface area (Å²) in [6.45, 7) is 0. The second-order valence-electron chi connectivity index (χ2n) is 10.9. The first kappa shape index (κ1) is 29.8. The Balaban J connectivity index is 1.52. The molecule has 0 heterocycles. The van der Waals surface area contributed by atoms with E-state index in [0.29, 0.717) is 12.8 Å². The highest BCUT2D eigenvalue weighted by atomic mass is 31.2. The first-order valence-corrected chi connectivity index (χ1v) is 16.2. The summed E-state index contributed by atoms with van der Waals surface area (Å²) in [5.74, 6) is -1.58. The zero-order valence-electron chi connectivity index (χ0n) is 23.2. The molecule has 7 heteroatoms. The average molecular weight is 562 g/mol. The Morgan fingerprint density at radius 1 is 0.875 bits per heavy atom. The first-order chi connectivity index (χ1) is 19.3. The molecule has 3 aromatic rings. The van der Waals surface area contributed by atoms with Gasteiger partial charge in [-0.05, 0) is 53.9 Å². The van der Waals surface area contributed by atoms with Gasteiger partial charge in [-0.2, -0.15) is 0 Å². The van der Waals surface area contributed by atoms with Crippen molar-refractivity contribution in [1.29, 1.82) is 0 Å². The molecule has 1 saturated carbocycles. The third kappa shape index (κ3) is 8.64. The fourth-order valence-electron chi connectivity index (χ4n) is 5.61. The molecule has 1 aliphatic rings. The molecule has 0 radical (unpaired) electrons. The van der Waals surface area contributed by atoms with E-state index in [-0.39, 0.29) is 24.1 Å². The summed E-state index contributed by atoms with van der Waals surface area (Å²) >= 11 is 0. The van der Waals surface area contributed by atoms with Crippen molar-refractivity contribution in [3.8, 4) is 11.1 Å². The van der Waals surface area contributed by atoms with Gasteiger partial charge in [-0.3, -0.25) is 9.36 Å².